The van der Waals surface area contributed by atoms with Gasteiger partial charge < -0.3 is 15.8 Å². The van der Waals surface area contributed by atoms with Gasteiger partial charge in [-0.25, -0.2) is 9.78 Å². The van der Waals surface area contributed by atoms with Crippen molar-refractivity contribution in [1.82, 2.24) is 9.97 Å². The number of carbonyl (C=O) groups is 1. The van der Waals surface area contributed by atoms with Crippen molar-refractivity contribution in [2.45, 2.75) is 32.2 Å². The second kappa shape index (κ2) is 6.30. The van der Waals surface area contributed by atoms with Gasteiger partial charge in [0.25, 0.3) is 0 Å². The number of ether oxygens (including phenoxy) is 1. The third-order valence-corrected chi connectivity index (χ3v) is 3.17. The number of aromatic nitrogens is 2. The summed E-state index contributed by atoms with van der Waals surface area (Å²) in [5.41, 5.74) is 5.76. The topological polar surface area (TPSA) is 90.1 Å². The Morgan fingerprint density at radius 2 is 2.11 bits per heavy atom. The molecule has 0 amide bonds. The minimum Gasteiger partial charge on any atom is -0.464 e. The van der Waals surface area contributed by atoms with Gasteiger partial charge in [-0.2, -0.15) is 0 Å². The van der Waals surface area contributed by atoms with E-state index >= 15 is 0 Å². The zero-order valence-electron chi connectivity index (χ0n) is 11.1. The molecule has 0 saturated carbocycles. The Balaban J connectivity index is 2.93. The number of nitrogens with one attached hydrogen (secondary N) is 1. The molecule has 18 heavy (non-hydrogen) atoms. The van der Waals surface area contributed by atoms with Crippen LogP contribution < -0.4 is 11.1 Å². The Kier molecular flexibility index (Phi) is 5.03. The van der Waals surface area contributed by atoms with Gasteiger partial charge in [-0.3, -0.25) is 4.98 Å². The highest BCUT2D eigenvalue weighted by Gasteiger charge is 2.24. The smallest absolute Gasteiger partial charge is 0.358 e. The molecule has 1 aromatic heterocycles. The van der Waals surface area contributed by atoms with Gasteiger partial charge >= 0.3 is 5.97 Å². The van der Waals surface area contributed by atoms with Crippen LogP contribution in [0, 0.1) is 0 Å². The molecule has 1 rings (SSSR count). The number of nitrogens with two attached hydrogens (primary N) is 1. The maximum Gasteiger partial charge on any atom is 0.358 e. The molecule has 0 fully saturated rings. The first-order valence-electron chi connectivity index (χ1n) is 5.99. The number of carbonyl (C=O) groups excluding carboxylic acids is 1. The van der Waals surface area contributed by atoms with Crippen molar-refractivity contribution in [3.8, 4) is 0 Å². The highest BCUT2D eigenvalue weighted by Crippen LogP contribution is 2.19. The SMILES string of the molecule is CCC(CC)(CN)Nc1cncc(C(=O)OC)n1. The van der Waals surface area contributed by atoms with E-state index in [1.165, 1.54) is 13.3 Å². The van der Waals surface area contributed by atoms with Crippen LogP contribution in [0.5, 0.6) is 0 Å². The molecular weight excluding hydrogens is 232 g/mol. The van der Waals surface area contributed by atoms with E-state index < -0.39 is 5.97 Å². The predicted molar refractivity (Wildman–Crippen MR) is 69.4 cm³/mol. The number of anilines is 1. The first-order valence-corrected chi connectivity index (χ1v) is 5.99. The molecule has 0 aliphatic rings. The van der Waals surface area contributed by atoms with E-state index in [9.17, 15) is 4.79 Å². The number of methoxy groups -OCH3 is 1. The maximum absolute atomic E-state index is 11.4. The van der Waals surface area contributed by atoms with Crippen LogP contribution >= 0.6 is 0 Å². The van der Waals surface area contributed by atoms with Crippen molar-refractivity contribution < 1.29 is 9.53 Å². The largest absolute Gasteiger partial charge is 0.464 e. The van der Waals surface area contributed by atoms with Gasteiger partial charge in [0.15, 0.2) is 5.69 Å². The van der Waals surface area contributed by atoms with Crippen molar-refractivity contribution in [1.29, 1.82) is 0 Å². The number of esters is 1. The first-order chi connectivity index (χ1) is 8.60. The number of hydrogen-bond donors (Lipinski definition) is 2. The summed E-state index contributed by atoms with van der Waals surface area (Å²) in [7, 11) is 1.31. The molecule has 0 spiro atoms. The highest BCUT2D eigenvalue weighted by molar-refractivity contribution is 5.87. The van der Waals surface area contributed by atoms with E-state index in [-0.39, 0.29) is 11.2 Å². The molecule has 0 bridgehead atoms. The maximum atomic E-state index is 11.4. The normalized spacial score (nSPS) is 11.1. The summed E-state index contributed by atoms with van der Waals surface area (Å²) in [6, 6.07) is 0. The lowest BCUT2D eigenvalue weighted by Gasteiger charge is -2.31. The molecule has 1 heterocycles. The summed E-state index contributed by atoms with van der Waals surface area (Å²) in [6.07, 6.45) is 4.68. The summed E-state index contributed by atoms with van der Waals surface area (Å²) < 4.78 is 4.61. The lowest BCUT2D eigenvalue weighted by atomic mass is 9.93. The minimum atomic E-state index is -0.502. The second-order valence-corrected chi connectivity index (χ2v) is 4.10. The molecule has 0 unspecified atom stereocenters. The van der Waals surface area contributed by atoms with Gasteiger partial charge in [0.1, 0.15) is 5.82 Å². The van der Waals surface area contributed by atoms with Crippen LogP contribution in [0.3, 0.4) is 0 Å². The molecule has 0 radical (unpaired) electrons. The van der Waals surface area contributed by atoms with Crippen molar-refractivity contribution in [3.63, 3.8) is 0 Å². The fraction of sp³-hybridized carbons (Fsp3) is 0.583. The van der Waals surface area contributed by atoms with Crippen LogP contribution in [-0.4, -0.2) is 35.1 Å². The summed E-state index contributed by atoms with van der Waals surface area (Å²) in [5, 5.41) is 3.25. The molecule has 6 heteroatoms. The molecule has 0 atom stereocenters. The van der Waals surface area contributed by atoms with Crippen molar-refractivity contribution in [2.24, 2.45) is 5.73 Å². The molecule has 1 aromatic rings. The zero-order valence-corrected chi connectivity index (χ0v) is 11.1. The summed E-state index contributed by atoms with van der Waals surface area (Å²) in [4.78, 5) is 19.5. The second-order valence-electron chi connectivity index (χ2n) is 4.10. The third-order valence-electron chi connectivity index (χ3n) is 3.17. The highest BCUT2D eigenvalue weighted by atomic mass is 16.5. The van der Waals surface area contributed by atoms with Gasteiger partial charge in [-0.15, -0.1) is 0 Å². The third kappa shape index (κ3) is 3.16. The Morgan fingerprint density at radius 1 is 1.44 bits per heavy atom. The average Bonchev–Trinajstić information content (AvgIpc) is 2.44. The number of nitrogens with zero attached hydrogens (tertiary/aromatic N) is 2. The van der Waals surface area contributed by atoms with E-state index in [0.29, 0.717) is 12.4 Å². The van der Waals surface area contributed by atoms with Crippen LogP contribution in [0.4, 0.5) is 5.82 Å². The molecule has 0 aromatic carbocycles. The molecule has 6 nitrogen and oxygen atoms in total. The van der Waals surface area contributed by atoms with Crippen molar-refractivity contribution in [3.05, 3.63) is 18.1 Å². The molecule has 0 saturated heterocycles. The fourth-order valence-electron chi connectivity index (χ4n) is 1.67. The van der Waals surface area contributed by atoms with E-state index in [2.05, 4.69) is 33.9 Å². The quantitative estimate of drug-likeness (QED) is 0.739. The minimum absolute atomic E-state index is 0.181. The average molecular weight is 252 g/mol. The summed E-state index contributed by atoms with van der Waals surface area (Å²) in [6.45, 7) is 4.60. The molecule has 100 valence electrons. The molecule has 0 aliphatic heterocycles. The van der Waals surface area contributed by atoms with E-state index in [1.54, 1.807) is 6.20 Å². The van der Waals surface area contributed by atoms with Gasteiger partial charge in [-0.1, -0.05) is 13.8 Å². The Bertz CT molecular complexity index is 397. The Morgan fingerprint density at radius 3 is 2.61 bits per heavy atom. The van der Waals surface area contributed by atoms with E-state index in [1.807, 2.05) is 0 Å². The summed E-state index contributed by atoms with van der Waals surface area (Å²) in [5.74, 6) is 0.0320. The number of rotatable bonds is 6. The Hall–Kier alpha value is -1.69. The number of hydrogen-bond acceptors (Lipinski definition) is 6. The van der Waals surface area contributed by atoms with Crippen LogP contribution in [-0.2, 0) is 4.74 Å². The monoisotopic (exact) mass is 252 g/mol. The van der Waals surface area contributed by atoms with Crippen LogP contribution in [0.15, 0.2) is 12.4 Å². The van der Waals surface area contributed by atoms with Crippen molar-refractivity contribution in [2.75, 3.05) is 19.0 Å². The van der Waals surface area contributed by atoms with Crippen molar-refractivity contribution >= 4 is 11.8 Å². The van der Waals surface area contributed by atoms with Gasteiger partial charge in [0, 0.05) is 6.54 Å². The predicted octanol–water partition coefficient (Wildman–Crippen LogP) is 1.19. The fourth-order valence-corrected chi connectivity index (χ4v) is 1.67. The summed E-state index contributed by atoms with van der Waals surface area (Å²) >= 11 is 0. The van der Waals surface area contributed by atoms with Gasteiger partial charge in [0.2, 0.25) is 0 Å². The van der Waals surface area contributed by atoms with E-state index in [0.717, 1.165) is 12.8 Å². The molecular formula is C12H20N4O2. The van der Waals surface area contributed by atoms with Crippen LogP contribution in [0.25, 0.3) is 0 Å². The van der Waals surface area contributed by atoms with Crippen LogP contribution in [0.2, 0.25) is 0 Å². The van der Waals surface area contributed by atoms with Gasteiger partial charge in [-0.05, 0) is 12.8 Å². The Labute approximate surface area is 107 Å². The first kappa shape index (κ1) is 14.4. The molecule has 3 N–H and O–H groups in total. The van der Waals surface area contributed by atoms with E-state index in [4.69, 9.17) is 5.73 Å². The lowest BCUT2D eigenvalue weighted by Crippen LogP contribution is -2.44. The van der Waals surface area contributed by atoms with Crippen LogP contribution in [0.1, 0.15) is 37.2 Å². The van der Waals surface area contributed by atoms with Gasteiger partial charge in [0.05, 0.1) is 25.0 Å². The lowest BCUT2D eigenvalue weighted by molar-refractivity contribution is 0.0593. The standard InChI is InChI=1S/C12H20N4O2/c1-4-12(5-2,8-13)16-10-7-14-6-9(15-10)11(17)18-3/h6-7H,4-5,8,13H2,1-3H3,(H,15,16). The zero-order chi connectivity index (χ0) is 13.6. The molecule has 0 aliphatic carbocycles.